The third kappa shape index (κ3) is 3.95. The molecule has 0 aliphatic rings. The number of carbonyl (C=O) groups excluding carboxylic acids is 1. The minimum Gasteiger partial charge on any atom is -0.320 e. The van der Waals surface area contributed by atoms with Crippen LogP contribution in [0.4, 0.5) is 0 Å². The molecule has 0 aliphatic heterocycles. The minimum absolute atomic E-state index is 0.265. The molecule has 79 valence electrons. The summed E-state index contributed by atoms with van der Waals surface area (Å²) in [7, 11) is 0. The molecule has 1 amide bonds. The first kappa shape index (κ1) is 11.5. The second-order valence-corrected chi connectivity index (χ2v) is 3.26. The molecule has 0 unspecified atom stereocenters. The summed E-state index contributed by atoms with van der Waals surface area (Å²) in [4.78, 5) is 11.4. The van der Waals surface area contributed by atoms with Crippen LogP contribution in [0.15, 0.2) is 43.0 Å². The molecule has 1 aromatic carbocycles. The molecule has 0 aromatic heterocycles. The largest absolute Gasteiger partial charge is 0.320 e. The van der Waals surface area contributed by atoms with Crippen LogP contribution in [0.3, 0.4) is 0 Å². The molecule has 0 fully saturated rings. The Morgan fingerprint density at radius 1 is 1.47 bits per heavy atom. The van der Waals surface area contributed by atoms with Crippen molar-refractivity contribution in [3.8, 4) is 0 Å². The Bertz CT molecular complexity index is 322. The summed E-state index contributed by atoms with van der Waals surface area (Å²) < 4.78 is 0. The van der Waals surface area contributed by atoms with Crippen molar-refractivity contribution < 1.29 is 4.79 Å². The monoisotopic (exact) mass is 203 g/mol. The van der Waals surface area contributed by atoms with Crippen LogP contribution in [0.1, 0.15) is 5.56 Å². The Balaban J connectivity index is 2.45. The standard InChI is InChI=1S/C12H15N2O/c1-2-8-14-12(15)11(13)9-10-6-4-3-5-7-10/h2-7,11H,1,8-9,13H2/t11-/m0/s1. The number of nitrogens with two attached hydrogens (primary N) is 1. The zero-order valence-corrected chi connectivity index (χ0v) is 8.60. The summed E-state index contributed by atoms with van der Waals surface area (Å²) in [6.45, 7) is 3.82. The van der Waals surface area contributed by atoms with Gasteiger partial charge in [-0.2, -0.15) is 0 Å². The summed E-state index contributed by atoms with van der Waals surface area (Å²) in [5.74, 6) is -0.265. The van der Waals surface area contributed by atoms with E-state index in [4.69, 9.17) is 5.73 Å². The van der Waals surface area contributed by atoms with E-state index in [1.54, 1.807) is 6.08 Å². The molecule has 1 radical (unpaired) electrons. The van der Waals surface area contributed by atoms with Gasteiger partial charge in [0.15, 0.2) is 0 Å². The lowest BCUT2D eigenvalue weighted by molar-refractivity contribution is -0.122. The Morgan fingerprint density at radius 2 is 2.13 bits per heavy atom. The van der Waals surface area contributed by atoms with Gasteiger partial charge in [0, 0.05) is 0 Å². The second-order valence-electron chi connectivity index (χ2n) is 3.26. The molecule has 15 heavy (non-hydrogen) atoms. The molecule has 0 saturated heterocycles. The molecular formula is C12H15N2O. The average Bonchev–Trinajstić information content (AvgIpc) is 2.27. The van der Waals surface area contributed by atoms with Crippen LogP contribution in [-0.4, -0.2) is 18.5 Å². The highest BCUT2D eigenvalue weighted by atomic mass is 16.2. The molecule has 3 heteroatoms. The van der Waals surface area contributed by atoms with Crippen molar-refractivity contribution in [2.45, 2.75) is 12.5 Å². The normalized spacial score (nSPS) is 11.8. The summed E-state index contributed by atoms with van der Waals surface area (Å²) in [5, 5.41) is 3.76. The fourth-order valence-electron chi connectivity index (χ4n) is 1.23. The van der Waals surface area contributed by atoms with Crippen LogP contribution >= 0.6 is 0 Å². The topological polar surface area (TPSA) is 57.2 Å². The Morgan fingerprint density at radius 3 is 2.73 bits per heavy atom. The Labute approximate surface area is 90.0 Å². The highest BCUT2D eigenvalue weighted by Gasteiger charge is 2.13. The molecule has 0 spiro atoms. The molecule has 1 aromatic rings. The summed E-state index contributed by atoms with van der Waals surface area (Å²) >= 11 is 0. The molecule has 3 nitrogen and oxygen atoms in total. The first-order chi connectivity index (χ1) is 7.24. The number of amides is 1. The van der Waals surface area contributed by atoms with Crippen LogP contribution < -0.4 is 11.1 Å². The van der Waals surface area contributed by atoms with Gasteiger partial charge in [-0.25, -0.2) is 5.32 Å². The molecule has 1 atom stereocenters. The third-order valence-electron chi connectivity index (χ3n) is 1.99. The lowest BCUT2D eigenvalue weighted by Crippen LogP contribution is -2.38. The van der Waals surface area contributed by atoms with Crippen molar-refractivity contribution in [1.29, 1.82) is 0 Å². The van der Waals surface area contributed by atoms with Gasteiger partial charge in [0.2, 0.25) is 0 Å². The SMILES string of the molecule is C=CC[N]C(=O)[C@@H](N)Cc1ccccc1. The smallest absolute Gasteiger partial charge is 0.258 e. The van der Waals surface area contributed by atoms with Crippen LogP contribution in [0, 0.1) is 0 Å². The van der Waals surface area contributed by atoms with Crippen LogP contribution in [0.5, 0.6) is 0 Å². The fraction of sp³-hybridized carbons (Fsp3) is 0.250. The van der Waals surface area contributed by atoms with Gasteiger partial charge >= 0.3 is 0 Å². The number of hydrogen-bond acceptors (Lipinski definition) is 2. The average molecular weight is 203 g/mol. The molecular weight excluding hydrogens is 188 g/mol. The van der Waals surface area contributed by atoms with Gasteiger partial charge in [-0.05, 0) is 12.0 Å². The Kier molecular flexibility index (Phi) is 4.57. The maximum atomic E-state index is 11.4. The highest BCUT2D eigenvalue weighted by Crippen LogP contribution is 2.01. The summed E-state index contributed by atoms with van der Waals surface area (Å²) in [5.41, 5.74) is 6.76. The number of nitrogens with zero attached hydrogens (tertiary/aromatic N) is 1. The van der Waals surface area contributed by atoms with E-state index in [1.165, 1.54) is 0 Å². The minimum atomic E-state index is -0.549. The number of benzene rings is 1. The lowest BCUT2D eigenvalue weighted by Gasteiger charge is -2.09. The lowest BCUT2D eigenvalue weighted by atomic mass is 10.1. The van der Waals surface area contributed by atoms with Gasteiger partial charge in [0.1, 0.15) is 0 Å². The van der Waals surface area contributed by atoms with E-state index in [1.807, 2.05) is 30.3 Å². The van der Waals surface area contributed by atoms with Crippen molar-refractivity contribution in [2.75, 3.05) is 6.54 Å². The van der Waals surface area contributed by atoms with E-state index in [0.29, 0.717) is 13.0 Å². The van der Waals surface area contributed by atoms with E-state index < -0.39 is 6.04 Å². The number of hydrogen-bond donors (Lipinski definition) is 1. The van der Waals surface area contributed by atoms with Crippen molar-refractivity contribution in [1.82, 2.24) is 5.32 Å². The first-order valence-electron chi connectivity index (χ1n) is 4.85. The quantitative estimate of drug-likeness (QED) is 0.722. The summed E-state index contributed by atoms with van der Waals surface area (Å²) in [6.07, 6.45) is 2.10. The van der Waals surface area contributed by atoms with E-state index in [0.717, 1.165) is 5.56 Å². The second kappa shape index (κ2) is 5.98. The predicted octanol–water partition coefficient (Wildman–Crippen LogP) is 0.873. The predicted molar refractivity (Wildman–Crippen MR) is 60.3 cm³/mol. The zero-order valence-electron chi connectivity index (χ0n) is 8.60. The molecule has 0 heterocycles. The van der Waals surface area contributed by atoms with Gasteiger partial charge in [-0.3, -0.25) is 4.79 Å². The van der Waals surface area contributed by atoms with Crippen LogP contribution in [0.25, 0.3) is 0 Å². The van der Waals surface area contributed by atoms with Crippen LogP contribution in [0.2, 0.25) is 0 Å². The van der Waals surface area contributed by atoms with E-state index >= 15 is 0 Å². The van der Waals surface area contributed by atoms with E-state index in [-0.39, 0.29) is 5.91 Å². The van der Waals surface area contributed by atoms with E-state index in [9.17, 15) is 4.79 Å². The van der Waals surface area contributed by atoms with Crippen molar-refractivity contribution in [2.24, 2.45) is 5.73 Å². The van der Waals surface area contributed by atoms with E-state index in [2.05, 4.69) is 11.9 Å². The summed E-state index contributed by atoms with van der Waals surface area (Å²) in [6, 6.07) is 9.12. The third-order valence-corrected chi connectivity index (χ3v) is 1.99. The molecule has 1 rings (SSSR count). The number of rotatable bonds is 5. The molecule has 2 N–H and O–H groups in total. The zero-order chi connectivity index (χ0) is 11.1. The number of carbonyl (C=O) groups is 1. The fourth-order valence-corrected chi connectivity index (χ4v) is 1.23. The van der Waals surface area contributed by atoms with Gasteiger partial charge < -0.3 is 5.73 Å². The highest BCUT2D eigenvalue weighted by molar-refractivity contribution is 5.81. The maximum Gasteiger partial charge on any atom is 0.258 e. The maximum absolute atomic E-state index is 11.4. The van der Waals surface area contributed by atoms with Crippen molar-refractivity contribution in [3.63, 3.8) is 0 Å². The van der Waals surface area contributed by atoms with Crippen molar-refractivity contribution >= 4 is 5.91 Å². The van der Waals surface area contributed by atoms with Gasteiger partial charge in [0.05, 0.1) is 12.6 Å². The first-order valence-corrected chi connectivity index (χ1v) is 4.85. The van der Waals surface area contributed by atoms with Gasteiger partial charge in [-0.15, -0.1) is 6.58 Å². The van der Waals surface area contributed by atoms with Gasteiger partial charge in [0.25, 0.3) is 5.91 Å². The molecule has 0 aliphatic carbocycles. The molecule has 0 saturated carbocycles. The van der Waals surface area contributed by atoms with Gasteiger partial charge in [-0.1, -0.05) is 36.4 Å². The van der Waals surface area contributed by atoms with Crippen LogP contribution in [-0.2, 0) is 11.2 Å². The Hall–Kier alpha value is -1.61. The molecule has 0 bridgehead atoms. The van der Waals surface area contributed by atoms with Crippen molar-refractivity contribution in [3.05, 3.63) is 48.6 Å².